The molecule has 0 amide bonds. The Morgan fingerprint density at radius 2 is 1.56 bits per heavy atom. The zero-order valence-electron chi connectivity index (χ0n) is 9.61. The lowest BCUT2D eigenvalue weighted by Crippen LogP contribution is -2.30. The maximum absolute atomic E-state index is 5.32. The Labute approximate surface area is 97.0 Å². The number of benzene rings is 1. The van der Waals surface area contributed by atoms with E-state index in [1.807, 2.05) is 0 Å². The molecular formula is C14H19NO. The second kappa shape index (κ2) is 4.56. The molecule has 0 aliphatic carbocycles. The SMILES string of the molecule is c1ccc(C2COC2)c(C2CCNCC2)c1. The Hall–Kier alpha value is -0.860. The van der Waals surface area contributed by atoms with E-state index in [2.05, 4.69) is 29.6 Å². The van der Waals surface area contributed by atoms with Crippen LogP contribution in [0.4, 0.5) is 0 Å². The molecule has 1 aromatic rings. The van der Waals surface area contributed by atoms with Gasteiger partial charge in [-0.2, -0.15) is 0 Å². The number of hydrogen-bond acceptors (Lipinski definition) is 2. The van der Waals surface area contributed by atoms with Crippen molar-refractivity contribution in [1.29, 1.82) is 0 Å². The molecule has 0 unspecified atom stereocenters. The van der Waals surface area contributed by atoms with E-state index in [4.69, 9.17) is 4.74 Å². The largest absolute Gasteiger partial charge is 0.380 e. The summed E-state index contributed by atoms with van der Waals surface area (Å²) in [5, 5.41) is 3.44. The van der Waals surface area contributed by atoms with Crippen LogP contribution >= 0.6 is 0 Å². The van der Waals surface area contributed by atoms with Crippen LogP contribution in [0.15, 0.2) is 24.3 Å². The fourth-order valence-electron chi connectivity index (χ4n) is 2.80. The first-order valence-electron chi connectivity index (χ1n) is 6.32. The highest BCUT2D eigenvalue weighted by atomic mass is 16.5. The first kappa shape index (κ1) is 10.3. The Kier molecular flexibility index (Phi) is 2.94. The molecule has 0 spiro atoms. The van der Waals surface area contributed by atoms with E-state index in [0.29, 0.717) is 5.92 Å². The van der Waals surface area contributed by atoms with Crippen molar-refractivity contribution in [3.8, 4) is 0 Å². The lowest BCUT2D eigenvalue weighted by molar-refractivity contribution is 0.00789. The van der Waals surface area contributed by atoms with Gasteiger partial charge in [-0.3, -0.25) is 0 Å². The third-order valence-electron chi connectivity index (χ3n) is 3.85. The summed E-state index contributed by atoms with van der Waals surface area (Å²) < 4.78 is 5.32. The Morgan fingerprint density at radius 1 is 0.938 bits per heavy atom. The van der Waals surface area contributed by atoms with Gasteiger partial charge in [0.25, 0.3) is 0 Å². The predicted octanol–water partition coefficient (Wildman–Crippen LogP) is 2.27. The summed E-state index contributed by atoms with van der Waals surface area (Å²) in [4.78, 5) is 0. The zero-order valence-corrected chi connectivity index (χ0v) is 9.61. The minimum atomic E-state index is 0.658. The van der Waals surface area contributed by atoms with Gasteiger partial charge in [-0.25, -0.2) is 0 Å². The van der Waals surface area contributed by atoms with Gasteiger partial charge in [0.05, 0.1) is 13.2 Å². The van der Waals surface area contributed by atoms with Crippen molar-refractivity contribution in [3.63, 3.8) is 0 Å². The molecule has 2 aliphatic heterocycles. The van der Waals surface area contributed by atoms with Crippen molar-refractivity contribution in [2.24, 2.45) is 0 Å². The van der Waals surface area contributed by atoms with E-state index in [1.165, 1.54) is 25.9 Å². The average molecular weight is 217 g/mol. The second-order valence-corrected chi connectivity index (χ2v) is 4.89. The van der Waals surface area contributed by atoms with Crippen LogP contribution in [-0.2, 0) is 4.74 Å². The van der Waals surface area contributed by atoms with Gasteiger partial charge in [0.1, 0.15) is 0 Å². The molecule has 86 valence electrons. The fourth-order valence-corrected chi connectivity index (χ4v) is 2.80. The molecular weight excluding hydrogens is 198 g/mol. The molecule has 2 aliphatic rings. The van der Waals surface area contributed by atoms with Gasteiger partial charge in [-0.15, -0.1) is 0 Å². The van der Waals surface area contributed by atoms with Gasteiger partial charge >= 0.3 is 0 Å². The number of ether oxygens (including phenoxy) is 1. The summed E-state index contributed by atoms with van der Waals surface area (Å²) in [6.45, 7) is 4.17. The summed E-state index contributed by atoms with van der Waals surface area (Å²) in [6.07, 6.45) is 2.56. The number of hydrogen-bond donors (Lipinski definition) is 1. The maximum atomic E-state index is 5.32. The quantitative estimate of drug-likeness (QED) is 0.820. The van der Waals surface area contributed by atoms with Crippen LogP contribution in [0.2, 0.25) is 0 Å². The van der Waals surface area contributed by atoms with Gasteiger partial charge in [0.15, 0.2) is 0 Å². The van der Waals surface area contributed by atoms with Crippen LogP contribution in [0.3, 0.4) is 0 Å². The Balaban J connectivity index is 1.86. The van der Waals surface area contributed by atoms with E-state index in [1.54, 1.807) is 11.1 Å². The standard InChI is InChI=1S/C14H19NO/c1-2-4-14(12-9-16-10-12)13(3-1)11-5-7-15-8-6-11/h1-4,11-12,15H,5-10H2. The summed E-state index contributed by atoms with van der Waals surface area (Å²) in [5.41, 5.74) is 3.12. The summed E-state index contributed by atoms with van der Waals surface area (Å²) >= 11 is 0. The van der Waals surface area contributed by atoms with Gasteiger partial charge < -0.3 is 10.1 Å². The second-order valence-electron chi connectivity index (χ2n) is 4.89. The molecule has 0 atom stereocenters. The van der Waals surface area contributed by atoms with Gasteiger partial charge in [0, 0.05) is 5.92 Å². The zero-order chi connectivity index (χ0) is 10.8. The highest BCUT2D eigenvalue weighted by Crippen LogP contribution is 2.34. The first-order valence-corrected chi connectivity index (χ1v) is 6.32. The molecule has 0 bridgehead atoms. The normalized spacial score (nSPS) is 23.0. The molecule has 2 nitrogen and oxygen atoms in total. The third-order valence-corrected chi connectivity index (χ3v) is 3.85. The summed E-state index contributed by atoms with van der Waals surface area (Å²) in [5.74, 6) is 1.42. The van der Waals surface area contributed by atoms with Crippen molar-refractivity contribution < 1.29 is 4.74 Å². The van der Waals surface area contributed by atoms with Crippen LogP contribution in [0.5, 0.6) is 0 Å². The van der Waals surface area contributed by atoms with Crippen molar-refractivity contribution in [3.05, 3.63) is 35.4 Å². The Bertz CT molecular complexity index is 354. The van der Waals surface area contributed by atoms with Crippen LogP contribution in [0.1, 0.15) is 35.8 Å². The van der Waals surface area contributed by atoms with Crippen molar-refractivity contribution in [2.45, 2.75) is 24.7 Å². The highest BCUT2D eigenvalue weighted by Gasteiger charge is 2.26. The molecule has 0 radical (unpaired) electrons. The molecule has 3 rings (SSSR count). The van der Waals surface area contributed by atoms with Gasteiger partial charge in [-0.05, 0) is 43.0 Å². The lowest BCUT2D eigenvalue weighted by Gasteiger charge is -2.32. The van der Waals surface area contributed by atoms with Crippen molar-refractivity contribution >= 4 is 0 Å². The van der Waals surface area contributed by atoms with Crippen molar-refractivity contribution in [1.82, 2.24) is 5.32 Å². The molecule has 1 N–H and O–H groups in total. The minimum absolute atomic E-state index is 0.658. The number of piperidine rings is 1. The number of rotatable bonds is 2. The topological polar surface area (TPSA) is 21.3 Å². The molecule has 2 heterocycles. The molecule has 2 saturated heterocycles. The molecule has 2 fully saturated rings. The third kappa shape index (κ3) is 1.87. The van der Waals surface area contributed by atoms with Crippen LogP contribution in [0, 0.1) is 0 Å². The predicted molar refractivity (Wildman–Crippen MR) is 64.8 cm³/mol. The Morgan fingerprint density at radius 3 is 2.12 bits per heavy atom. The van der Waals surface area contributed by atoms with Gasteiger partial charge in [0.2, 0.25) is 0 Å². The van der Waals surface area contributed by atoms with Crippen LogP contribution in [0.25, 0.3) is 0 Å². The van der Waals surface area contributed by atoms with E-state index < -0.39 is 0 Å². The van der Waals surface area contributed by atoms with Crippen LogP contribution < -0.4 is 5.32 Å². The smallest absolute Gasteiger partial charge is 0.0557 e. The number of nitrogens with one attached hydrogen (secondary N) is 1. The van der Waals surface area contributed by atoms with E-state index in [9.17, 15) is 0 Å². The summed E-state index contributed by atoms with van der Waals surface area (Å²) in [7, 11) is 0. The average Bonchev–Trinajstić information content (AvgIpc) is 2.29. The van der Waals surface area contributed by atoms with E-state index >= 15 is 0 Å². The van der Waals surface area contributed by atoms with E-state index in [-0.39, 0.29) is 0 Å². The molecule has 0 saturated carbocycles. The minimum Gasteiger partial charge on any atom is -0.380 e. The molecule has 16 heavy (non-hydrogen) atoms. The molecule has 2 heteroatoms. The monoisotopic (exact) mass is 217 g/mol. The first-order chi connectivity index (χ1) is 7.95. The fraction of sp³-hybridized carbons (Fsp3) is 0.571. The molecule has 1 aromatic carbocycles. The van der Waals surface area contributed by atoms with Crippen LogP contribution in [-0.4, -0.2) is 26.3 Å². The molecule has 0 aromatic heterocycles. The van der Waals surface area contributed by atoms with E-state index in [0.717, 1.165) is 19.1 Å². The van der Waals surface area contributed by atoms with Crippen molar-refractivity contribution in [2.75, 3.05) is 26.3 Å². The van der Waals surface area contributed by atoms with Gasteiger partial charge in [-0.1, -0.05) is 24.3 Å². The highest BCUT2D eigenvalue weighted by molar-refractivity contribution is 5.34. The lowest BCUT2D eigenvalue weighted by atomic mass is 9.82. The summed E-state index contributed by atoms with van der Waals surface area (Å²) in [6, 6.07) is 8.97. The maximum Gasteiger partial charge on any atom is 0.0557 e.